The molecule has 1 aromatic heterocycles. The average Bonchev–Trinajstić information content (AvgIpc) is 3.19. The molecule has 2 aromatic carbocycles. The Balaban J connectivity index is 1.60. The van der Waals surface area contributed by atoms with Crippen molar-refractivity contribution < 1.29 is 9.90 Å². The predicted octanol–water partition coefficient (Wildman–Crippen LogP) is 3.78. The molecule has 2 heterocycles. The van der Waals surface area contributed by atoms with E-state index in [4.69, 9.17) is 23.2 Å². The van der Waals surface area contributed by atoms with Gasteiger partial charge in [-0.2, -0.15) is 0 Å². The zero-order chi connectivity index (χ0) is 19.1. The first kappa shape index (κ1) is 18.1. The summed E-state index contributed by atoms with van der Waals surface area (Å²) in [5.74, 6) is -1.01. The lowest BCUT2D eigenvalue weighted by molar-refractivity contribution is 0.0697. The molecule has 1 fully saturated rings. The van der Waals surface area contributed by atoms with Crippen LogP contribution in [0.15, 0.2) is 41.2 Å². The Morgan fingerprint density at radius 1 is 1.22 bits per heavy atom. The molecule has 0 unspecified atom stereocenters. The van der Waals surface area contributed by atoms with Crippen LogP contribution >= 0.6 is 23.2 Å². The monoisotopic (exact) mass is 405 g/mol. The van der Waals surface area contributed by atoms with Gasteiger partial charge in [0.05, 0.1) is 22.6 Å². The highest BCUT2D eigenvalue weighted by molar-refractivity contribution is 6.35. The average molecular weight is 406 g/mol. The second-order valence-electron chi connectivity index (χ2n) is 6.75. The molecule has 2 N–H and O–H groups in total. The lowest BCUT2D eigenvalue weighted by Gasteiger charge is -2.17. The van der Waals surface area contributed by atoms with Crippen LogP contribution in [0.5, 0.6) is 0 Å². The van der Waals surface area contributed by atoms with Gasteiger partial charge in [0.25, 0.3) is 0 Å². The molecule has 27 heavy (non-hydrogen) atoms. The van der Waals surface area contributed by atoms with E-state index in [1.807, 2.05) is 12.1 Å². The number of carbonyl (C=O) groups is 1. The van der Waals surface area contributed by atoms with E-state index < -0.39 is 5.97 Å². The second kappa shape index (κ2) is 7.03. The summed E-state index contributed by atoms with van der Waals surface area (Å²) < 4.78 is 1.67. The first-order valence-electron chi connectivity index (χ1n) is 8.56. The number of aromatic carboxylic acids is 1. The van der Waals surface area contributed by atoms with Crippen LogP contribution in [0.25, 0.3) is 11.0 Å². The highest BCUT2D eigenvalue weighted by atomic mass is 35.5. The minimum absolute atomic E-state index is 0.0265. The maximum Gasteiger partial charge on any atom is 0.335 e. The van der Waals surface area contributed by atoms with Crippen molar-refractivity contribution >= 4 is 40.2 Å². The number of imidazole rings is 1. The van der Waals surface area contributed by atoms with Crippen LogP contribution in [-0.4, -0.2) is 38.6 Å². The van der Waals surface area contributed by atoms with E-state index in [9.17, 15) is 14.7 Å². The van der Waals surface area contributed by atoms with Crippen molar-refractivity contribution in [3.05, 3.63) is 68.1 Å². The fraction of sp³-hybridized carbons (Fsp3) is 0.263. The van der Waals surface area contributed by atoms with Crippen molar-refractivity contribution in [2.24, 2.45) is 0 Å². The number of nitrogens with one attached hydrogen (secondary N) is 1. The number of halogens is 2. The number of likely N-dealkylation sites (tertiary alicyclic amines) is 1. The number of fused-ring (bicyclic) bond motifs is 1. The van der Waals surface area contributed by atoms with Gasteiger partial charge in [0.1, 0.15) is 0 Å². The summed E-state index contributed by atoms with van der Waals surface area (Å²) in [6.45, 7) is 2.18. The van der Waals surface area contributed by atoms with Gasteiger partial charge in [-0.25, -0.2) is 9.59 Å². The number of aromatic amines is 1. The van der Waals surface area contributed by atoms with E-state index in [-0.39, 0.29) is 17.3 Å². The number of hydrogen-bond donors (Lipinski definition) is 2. The maximum absolute atomic E-state index is 12.5. The maximum atomic E-state index is 12.5. The molecule has 140 valence electrons. The standard InChI is InChI=1S/C19H17Cl2N3O3/c20-13-3-1-12(15(21)8-13)9-23-6-5-14(10-23)24-17-7-11(18(25)26)2-4-16(17)22-19(24)27/h1-4,7-8,14H,5-6,9-10H2,(H,22,27)(H,25,26)/t14-/m1/s1. The summed E-state index contributed by atoms with van der Waals surface area (Å²) in [6.07, 6.45) is 0.801. The Bertz CT molecular complexity index is 1090. The predicted molar refractivity (Wildman–Crippen MR) is 105 cm³/mol. The molecule has 0 saturated carbocycles. The third kappa shape index (κ3) is 3.48. The van der Waals surface area contributed by atoms with E-state index in [0.29, 0.717) is 34.2 Å². The Labute approximate surface area is 164 Å². The lowest BCUT2D eigenvalue weighted by atomic mass is 10.2. The van der Waals surface area contributed by atoms with Gasteiger partial charge >= 0.3 is 11.7 Å². The Morgan fingerprint density at radius 2 is 2.04 bits per heavy atom. The second-order valence-corrected chi connectivity index (χ2v) is 7.59. The summed E-state index contributed by atoms with van der Waals surface area (Å²) in [4.78, 5) is 28.8. The Kier molecular flexibility index (Phi) is 4.72. The fourth-order valence-corrected chi connectivity index (χ4v) is 4.14. The van der Waals surface area contributed by atoms with Gasteiger partial charge in [-0.1, -0.05) is 29.3 Å². The molecular weight excluding hydrogens is 389 g/mol. The molecule has 6 nitrogen and oxygen atoms in total. The molecule has 0 radical (unpaired) electrons. The highest BCUT2D eigenvalue weighted by Crippen LogP contribution is 2.28. The molecule has 1 aliphatic rings. The molecule has 0 aliphatic carbocycles. The van der Waals surface area contributed by atoms with E-state index in [2.05, 4.69) is 9.88 Å². The number of nitrogens with zero attached hydrogens (tertiary/aromatic N) is 2. The molecule has 0 amide bonds. The topological polar surface area (TPSA) is 78.3 Å². The summed E-state index contributed by atoms with van der Waals surface area (Å²) in [5.41, 5.74) is 2.20. The molecule has 0 spiro atoms. The van der Waals surface area contributed by atoms with E-state index in [1.54, 1.807) is 22.8 Å². The fourth-order valence-electron chi connectivity index (χ4n) is 3.67. The SMILES string of the molecule is O=C(O)c1ccc2[nH]c(=O)n([C@@H]3CCN(Cc4ccc(Cl)cc4Cl)C3)c2c1. The van der Waals surface area contributed by atoms with Crippen molar-refractivity contribution in [1.82, 2.24) is 14.5 Å². The number of rotatable bonds is 4. The summed E-state index contributed by atoms with van der Waals surface area (Å²) >= 11 is 12.2. The van der Waals surface area contributed by atoms with Crippen molar-refractivity contribution in [3.8, 4) is 0 Å². The largest absolute Gasteiger partial charge is 0.478 e. The van der Waals surface area contributed by atoms with Crippen molar-refractivity contribution in [2.75, 3.05) is 13.1 Å². The van der Waals surface area contributed by atoms with Crippen LogP contribution in [0, 0.1) is 0 Å². The highest BCUT2D eigenvalue weighted by Gasteiger charge is 2.27. The molecule has 0 bridgehead atoms. The van der Waals surface area contributed by atoms with E-state index in [1.165, 1.54) is 6.07 Å². The van der Waals surface area contributed by atoms with Gasteiger partial charge in [0.2, 0.25) is 0 Å². The summed E-state index contributed by atoms with van der Waals surface area (Å²) in [7, 11) is 0. The molecule has 8 heteroatoms. The van der Waals surface area contributed by atoms with Gasteiger partial charge in [-0.05, 0) is 42.3 Å². The normalized spacial score (nSPS) is 17.6. The van der Waals surface area contributed by atoms with Gasteiger partial charge < -0.3 is 10.1 Å². The van der Waals surface area contributed by atoms with Gasteiger partial charge in [-0.3, -0.25) is 9.47 Å². The van der Waals surface area contributed by atoms with Crippen molar-refractivity contribution in [3.63, 3.8) is 0 Å². The number of carboxylic acids is 1. The van der Waals surface area contributed by atoms with Crippen LogP contribution in [-0.2, 0) is 6.54 Å². The van der Waals surface area contributed by atoms with Crippen LogP contribution < -0.4 is 5.69 Å². The molecule has 1 saturated heterocycles. The lowest BCUT2D eigenvalue weighted by Crippen LogP contribution is -2.26. The smallest absolute Gasteiger partial charge is 0.335 e. The van der Waals surface area contributed by atoms with Crippen LogP contribution in [0.4, 0.5) is 0 Å². The minimum atomic E-state index is -1.01. The summed E-state index contributed by atoms with van der Waals surface area (Å²) in [5, 5.41) is 10.5. The number of H-pyrrole nitrogens is 1. The van der Waals surface area contributed by atoms with Crippen LogP contribution in [0.3, 0.4) is 0 Å². The zero-order valence-corrected chi connectivity index (χ0v) is 15.8. The van der Waals surface area contributed by atoms with Gasteiger partial charge in [0, 0.05) is 29.7 Å². The van der Waals surface area contributed by atoms with Crippen molar-refractivity contribution in [2.45, 2.75) is 19.0 Å². The first-order valence-corrected chi connectivity index (χ1v) is 9.32. The van der Waals surface area contributed by atoms with Gasteiger partial charge in [-0.15, -0.1) is 0 Å². The molecule has 1 atom stereocenters. The molecule has 3 aromatic rings. The Morgan fingerprint density at radius 3 is 2.78 bits per heavy atom. The van der Waals surface area contributed by atoms with Gasteiger partial charge in [0.15, 0.2) is 0 Å². The third-order valence-corrected chi connectivity index (χ3v) is 5.57. The number of hydrogen-bond acceptors (Lipinski definition) is 3. The first-order chi connectivity index (χ1) is 12.9. The number of carboxylic acid groups (broad SMARTS) is 1. The zero-order valence-electron chi connectivity index (χ0n) is 14.3. The van der Waals surface area contributed by atoms with E-state index in [0.717, 1.165) is 18.5 Å². The van der Waals surface area contributed by atoms with Crippen LogP contribution in [0.1, 0.15) is 28.4 Å². The van der Waals surface area contributed by atoms with Crippen molar-refractivity contribution in [1.29, 1.82) is 0 Å². The molecule has 4 rings (SSSR count). The third-order valence-electron chi connectivity index (χ3n) is 4.99. The molecule has 1 aliphatic heterocycles. The quantitative estimate of drug-likeness (QED) is 0.691. The Hall–Kier alpha value is -2.28. The van der Waals surface area contributed by atoms with Crippen LogP contribution in [0.2, 0.25) is 10.0 Å². The van der Waals surface area contributed by atoms with E-state index >= 15 is 0 Å². The summed E-state index contributed by atoms with van der Waals surface area (Å²) in [6, 6.07) is 10.1. The number of aromatic nitrogens is 2. The minimum Gasteiger partial charge on any atom is -0.478 e. The molecular formula is C19H17Cl2N3O3. The number of benzene rings is 2.